The fraction of sp³-hybridized carbons (Fsp3) is 0.0208. The van der Waals surface area contributed by atoms with Crippen LogP contribution >= 0.6 is 0 Å². The zero-order chi connectivity index (χ0) is 34.2. The minimum absolute atomic E-state index is 0.657. The molecule has 10 aromatic rings. The molecule has 0 saturated heterocycles. The van der Waals surface area contributed by atoms with Gasteiger partial charge in [-0.3, -0.25) is 0 Å². The highest BCUT2D eigenvalue weighted by Gasteiger charge is 2.26. The number of aromatic nitrogens is 4. The van der Waals surface area contributed by atoms with Gasteiger partial charge >= 0.3 is 0 Å². The van der Waals surface area contributed by atoms with Crippen molar-refractivity contribution in [2.45, 2.75) is 6.42 Å². The summed E-state index contributed by atoms with van der Waals surface area (Å²) in [6, 6.07) is 60.4. The molecule has 0 amide bonds. The standard InChI is InChI=1S/C48H30N4/c1-3-14-31(15-4-1)46-49-47(39-22-11-18-34-28-35-27-32-16-7-8-17-33(32)29-41(35)43(34)39)51-48(50-46)40-23-12-24-42-44(40)38-26-25-30-13-9-10-21-37(30)45(38)52(42)36-19-5-2-6-20-36/h1-27,29H,28H2. The molecule has 8 aromatic carbocycles. The number of para-hydroxylation sites is 1. The summed E-state index contributed by atoms with van der Waals surface area (Å²) in [5.74, 6) is 1.99. The maximum Gasteiger partial charge on any atom is 0.164 e. The van der Waals surface area contributed by atoms with E-state index in [9.17, 15) is 0 Å². The summed E-state index contributed by atoms with van der Waals surface area (Å²) in [4.78, 5) is 15.9. The molecule has 0 fully saturated rings. The molecule has 4 nitrogen and oxygen atoms in total. The van der Waals surface area contributed by atoms with E-state index in [1.165, 1.54) is 49.3 Å². The number of hydrogen-bond acceptors (Lipinski definition) is 3. The molecular weight excluding hydrogens is 633 g/mol. The van der Waals surface area contributed by atoms with Gasteiger partial charge in [-0.1, -0.05) is 146 Å². The van der Waals surface area contributed by atoms with Crippen molar-refractivity contribution < 1.29 is 0 Å². The van der Waals surface area contributed by atoms with Gasteiger partial charge < -0.3 is 4.57 Å². The summed E-state index contributed by atoms with van der Waals surface area (Å²) in [5.41, 5.74) is 11.5. The SMILES string of the molecule is c1ccc(-c2nc(-c3cccc4c3-c3cc5ccccc5cc3C4)nc(-c3cccc4c3c3ccc5ccccc5c3n4-c3ccccc3)n2)cc1. The molecule has 0 bridgehead atoms. The Bertz CT molecular complexity index is 3030. The van der Waals surface area contributed by atoms with E-state index in [-0.39, 0.29) is 0 Å². The maximum atomic E-state index is 5.38. The van der Waals surface area contributed by atoms with Crippen molar-refractivity contribution in [3.05, 3.63) is 181 Å². The molecule has 242 valence electrons. The highest BCUT2D eigenvalue weighted by Crippen LogP contribution is 2.45. The summed E-state index contributed by atoms with van der Waals surface area (Å²) in [6.07, 6.45) is 0.888. The van der Waals surface area contributed by atoms with Crippen molar-refractivity contribution in [2.24, 2.45) is 0 Å². The normalized spacial score (nSPS) is 12.2. The first-order valence-corrected chi connectivity index (χ1v) is 17.7. The average Bonchev–Trinajstić information content (AvgIpc) is 3.76. The fourth-order valence-electron chi connectivity index (χ4n) is 8.32. The number of hydrogen-bond donors (Lipinski definition) is 0. The molecule has 0 atom stereocenters. The highest BCUT2D eigenvalue weighted by molar-refractivity contribution is 6.22. The Morgan fingerprint density at radius 1 is 0.423 bits per heavy atom. The van der Waals surface area contributed by atoms with Gasteiger partial charge in [-0.05, 0) is 69.1 Å². The first kappa shape index (κ1) is 28.9. The number of nitrogens with zero attached hydrogens (tertiary/aromatic N) is 4. The lowest BCUT2D eigenvalue weighted by molar-refractivity contribution is 1.08. The van der Waals surface area contributed by atoms with Gasteiger partial charge in [0.15, 0.2) is 17.5 Å². The van der Waals surface area contributed by atoms with E-state index in [4.69, 9.17) is 15.0 Å². The molecule has 0 spiro atoms. The van der Waals surface area contributed by atoms with Gasteiger partial charge in [0.2, 0.25) is 0 Å². The molecule has 0 unspecified atom stereocenters. The van der Waals surface area contributed by atoms with Crippen LogP contribution in [0.2, 0.25) is 0 Å². The molecule has 11 rings (SSSR count). The van der Waals surface area contributed by atoms with Crippen molar-refractivity contribution in [1.29, 1.82) is 0 Å². The predicted molar refractivity (Wildman–Crippen MR) is 214 cm³/mol. The molecule has 0 radical (unpaired) electrons. The Hall–Kier alpha value is -6.91. The highest BCUT2D eigenvalue weighted by atomic mass is 15.0. The quantitative estimate of drug-likeness (QED) is 0.188. The maximum absolute atomic E-state index is 5.38. The zero-order valence-electron chi connectivity index (χ0n) is 28.2. The Labute approximate surface area is 300 Å². The van der Waals surface area contributed by atoms with Crippen molar-refractivity contribution in [3.63, 3.8) is 0 Å². The van der Waals surface area contributed by atoms with Gasteiger partial charge in [-0.15, -0.1) is 0 Å². The van der Waals surface area contributed by atoms with Crippen molar-refractivity contribution in [2.75, 3.05) is 0 Å². The van der Waals surface area contributed by atoms with Gasteiger partial charge in [0.1, 0.15) is 0 Å². The lowest BCUT2D eigenvalue weighted by Crippen LogP contribution is -2.01. The van der Waals surface area contributed by atoms with E-state index in [0.29, 0.717) is 17.5 Å². The first-order valence-electron chi connectivity index (χ1n) is 17.7. The van der Waals surface area contributed by atoms with Crippen LogP contribution in [-0.2, 0) is 6.42 Å². The fourth-order valence-corrected chi connectivity index (χ4v) is 8.32. The van der Waals surface area contributed by atoms with Gasteiger partial charge in [0, 0.05) is 38.5 Å². The summed E-state index contributed by atoms with van der Waals surface area (Å²) in [6.45, 7) is 0. The van der Waals surface area contributed by atoms with E-state index in [2.05, 4.69) is 156 Å². The van der Waals surface area contributed by atoms with Gasteiger partial charge in [0.25, 0.3) is 0 Å². The molecule has 52 heavy (non-hydrogen) atoms. The molecule has 4 heteroatoms. The van der Waals surface area contributed by atoms with Crippen LogP contribution in [0, 0.1) is 0 Å². The van der Waals surface area contributed by atoms with E-state index in [1.807, 2.05) is 18.2 Å². The minimum Gasteiger partial charge on any atom is -0.309 e. The first-order chi connectivity index (χ1) is 25.8. The molecule has 0 saturated carbocycles. The van der Waals surface area contributed by atoms with E-state index >= 15 is 0 Å². The average molecular weight is 663 g/mol. The van der Waals surface area contributed by atoms with Crippen molar-refractivity contribution in [3.8, 4) is 51.0 Å². The Morgan fingerprint density at radius 2 is 1.08 bits per heavy atom. The van der Waals surface area contributed by atoms with E-state index < -0.39 is 0 Å². The molecule has 1 aliphatic rings. The Morgan fingerprint density at radius 3 is 1.90 bits per heavy atom. The molecule has 1 aliphatic carbocycles. The number of benzene rings is 8. The molecular formula is C48H30N4. The van der Waals surface area contributed by atoms with Crippen LogP contribution < -0.4 is 0 Å². The smallest absolute Gasteiger partial charge is 0.164 e. The predicted octanol–water partition coefficient (Wildman–Crippen LogP) is 11.8. The van der Waals surface area contributed by atoms with Crippen LogP contribution in [0.5, 0.6) is 0 Å². The van der Waals surface area contributed by atoms with Crippen molar-refractivity contribution in [1.82, 2.24) is 19.5 Å². The van der Waals surface area contributed by atoms with Crippen LogP contribution in [0.25, 0.3) is 94.3 Å². The van der Waals surface area contributed by atoms with E-state index in [1.54, 1.807) is 0 Å². The lowest BCUT2D eigenvalue weighted by atomic mass is 9.96. The Kier molecular flexibility index (Phi) is 6.28. The summed E-state index contributed by atoms with van der Waals surface area (Å²) >= 11 is 0. The lowest BCUT2D eigenvalue weighted by Gasteiger charge is -2.13. The number of fused-ring (bicyclic) bond motifs is 9. The second-order valence-electron chi connectivity index (χ2n) is 13.6. The third kappa shape index (κ3) is 4.38. The molecule has 2 aromatic heterocycles. The van der Waals surface area contributed by atoms with Gasteiger partial charge in [0.05, 0.1) is 11.0 Å². The van der Waals surface area contributed by atoms with Crippen molar-refractivity contribution >= 4 is 43.4 Å². The molecule has 0 aliphatic heterocycles. The summed E-state index contributed by atoms with van der Waals surface area (Å²) in [7, 11) is 0. The topological polar surface area (TPSA) is 43.6 Å². The third-order valence-corrected chi connectivity index (χ3v) is 10.6. The monoisotopic (exact) mass is 662 g/mol. The second kappa shape index (κ2) is 11.3. The minimum atomic E-state index is 0.657. The van der Waals surface area contributed by atoms with Crippen LogP contribution in [0.15, 0.2) is 170 Å². The molecule has 0 N–H and O–H groups in total. The molecule has 2 heterocycles. The largest absolute Gasteiger partial charge is 0.309 e. The van der Waals surface area contributed by atoms with Crippen LogP contribution in [0.1, 0.15) is 11.1 Å². The van der Waals surface area contributed by atoms with Gasteiger partial charge in [-0.25, -0.2) is 15.0 Å². The van der Waals surface area contributed by atoms with Gasteiger partial charge in [-0.2, -0.15) is 0 Å². The zero-order valence-corrected chi connectivity index (χ0v) is 28.2. The third-order valence-electron chi connectivity index (χ3n) is 10.6. The van der Waals surface area contributed by atoms with Crippen LogP contribution in [0.4, 0.5) is 0 Å². The summed E-state index contributed by atoms with van der Waals surface area (Å²) in [5, 5.41) is 7.20. The number of rotatable bonds is 4. The Balaban J connectivity index is 1.21. The van der Waals surface area contributed by atoms with E-state index in [0.717, 1.165) is 45.1 Å². The van der Waals surface area contributed by atoms with Crippen LogP contribution in [0.3, 0.4) is 0 Å². The summed E-state index contributed by atoms with van der Waals surface area (Å²) < 4.78 is 2.39. The van der Waals surface area contributed by atoms with Crippen LogP contribution in [-0.4, -0.2) is 19.5 Å². The second-order valence-corrected chi connectivity index (χ2v) is 13.6.